The molecule has 19 heavy (non-hydrogen) atoms. The lowest BCUT2D eigenvalue weighted by atomic mass is 10.0. The van der Waals surface area contributed by atoms with E-state index < -0.39 is 11.9 Å². The van der Waals surface area contributed by atoms with Crippen LogP contribution < -0.4 is 0 Å². The van der Waals surface area contributed by atoms with E-state index in [1.807, 2.05) is 6.08 Å². The Morgan fingerprint density at radius 2 is 1.63 bits per heavy atom. The third kappa shape index (κ3) is 13.1. The quantitative estimate of drug-likeness (QED) is 0.307. The summed E-state index contributed by atoms with van der Waals surface area (Å²) in [5.74, 6) is -1.39. The number of carboxylic acids is 1. The molecule has 1 atom stereocenters. The maximum Gasteiger partial charge on any atom is 0.304 e. The van der Waals surface area contributed by atoms with Gasteiger partial charge in [-0.15, -0.1) is 0 Å². The lowest BCUT2D eigenvalue weighted by Crippen LogP contribution is -2.06. The molecule has 1 N–H and O–H groups in total. The van der Waals surface area contributed by atoms with Crippen molar-refractivity contribution < 1.29 is 14.7 Å². The van der Waals surface area contributed by atoms with Crippen LogP contribution in [0.5, 0.6) is 0 Å². The van der Waals surface area contributed by atoms with Crippen molar-refractivity contribution in [2.45, 2.75) is 71.1 Å². The molecule has 0 aromatic carbocycles. The highest BCUT2D eigenvalue weighted by Gasteiger charge is 2.07. The van der Waals surface area contributed by atoms with Crippen LogP contribution in [0.25, 0.3) is 0 Å². The number of allylic oxidation sites excluding steroid dienone is 2. The van der Waals surface area contributed by atoms with Crippen LogP contribution in [0.15, 0.2) is 12.2 Å². The Hall–Kier alpha value is -1.12. The van der Waals surface area contributed by atoms with E-state index in [0.29, 0.717) is 6.29 Å². The first-order chi connectivity index (χ1) is 9.20. The van der Waals surface area contributed by atoms with Gasteiger partial charge in [0, 0.05) is 5.92 Å². The summed E-state index contributed by atoms with van der Waals surface area (Å²) in [6, 6.07) is 0. The Morgan fingerprint density at radius 1 is 1.05 bits per heavy atom. The Kier molecular flexibility index (Phi) is 12.5. The first-order valence-electron chi connectivity index (χ1n) is 7.54. The molecule has 0 amide bonds. The second kappa shape index (κ2) is 13.3. The highest BCUT2D eigenvalue weighted by molar-refractivity contribution is 5.72. The molecule has 0 aliphatic rings. The average Bonchev–Trinajstić information content (AvgIpc) is 2.39. The summed E-state index contributed by atoms with van der Waals surface area (Å²) in [5.41, 5.74) is 0. The molecule has 0 aliphatic heterocycles. The Bertz CT molecular complexity index is 259. The molecule has 0 heterocycles. The van der Waals surface area contributed by atoms with E-state index >= 15 is 0 Å². The average molecular weight is 268 g/mol. The summed E-state index contributed by atoms with van der Waals surface area (Å²) in [4.78, 5) is 21.1. The fourth-order valence-corrected chi connectivity index (χ4v) is 2.03. The van der Waals surface area contributed by atoms with Crippen molar-refractivity contribution in [2.24, 2.45) is 5.92 Å². The van der Waals surface area contributed by atoms with Gasteiger partial charge in [-0.05, 0) is 12.8 Å². The van der Waals surface area contributed by atoms with Gasteiger partial charge in [-0.3, -0.25) is 4.79 Å². The molecule has 0 saturated carbocycles. The van der Waals surface area contributed by atoms with Gasteiger partial charge in [0.15, 0.2) is 0 Å². The summed E-state index contributed by atoms with van der Waals surface area (Å²) < 4.78 is 0. The number of carbonyl (C=O) groups excluding carboxylic acids is 1. The van der Waals surface area contributed by atoms with Crippen LogP contribution in [0.4, 0.5) is 0 Å². The molecule has 0 fully saturated rings. The maximum absolute atomic E-state index is 10.6. The topological polar surface area (TPSA) is 54.4 Å². The fraction of sp³-hybridized carbons (Fsp3) is 0.750. The maximum atomic E-state index is 10.6. The predicted molar refractivity (Wildman–Crippen MR) is 78.2 cm³/mol. The molecule has 0 saturated heterocycles. The number of carbonyl (C=O) groups is 2. The van der Waals surface area contributed by atoms with Crippen molar-refractivity contribution in [1.82, 2.24) is 0 Å². The zero-order chi connectivity index (χ0) is 14.3. The van der Waals surface area contributed by atoms with E-state index in [1.54, 1.807) is 6.08 Å². The fourth-order valence-electron chi connectivity index (χ4n) is 2.03. The molecule has 3 heteroatoms. The molecule has 0 rings (SSSR count). The van der Waals surface area contributed by atoms with E-state index in [9.17, 15) is 9.59 Å². The molecule has 0 radical (unpaired) electrons. The van der Waals surface area contributed by atoms with Crippen LogP contribution in [0.1, 0.15) is 71.1 Å². The van der Waals surface area contributed by atoms with E-state index in [-0.39, 0.29) is 6.42 Å². The molecule has 3 nitrogen and oxygen atoms in total. The summed E-state index contributed by atoms with van der Waals surface area (Å²) in [6.07, 6.45) is 15.5. The zero-order valence-electron chi connectivity index (χ0n) is 12.1. The highest BCUT2D eigenvalue weighted by Crippen LogP contribution is 2.10. The lowest BCUT2D eigenvalue weighted by molar-refractivity contribution is -0.138. The number of unbranched alkanes of at least 4 members (excludes halogenated alkanes) is 8. The van der Waals surface area contributed by atoms with E-state index in [1.165, 1.54) is 44.9 Å². The van der Waals surface area contributed by atoms with Crippen molar-refractivity contribution in [3.63, 3.8) is 0 Å². The molecule has 0 spiro atoms. The number of aldehydes is 1. The Balaban J connectivity index is 3.41. The lowest BCUT2D eigenvalue weighted by Gasteiger charge is -2.01. The van der Waals surface area contributed by atoms with Crippen molar-refractivity contribution in [3.8, 4) is 0 Å². The van der Waals surface area contributed by atoms with Crippen molar-refractivity contribution in [1.29, 1.82) is 0 Å². The summed E-state index contributed by atoms with van der Waals surface area (Å²) in [6.45, 7) is 2.23. The minimum Gasteiger partial charge on any atom is -0.481 e. The molecule has 0 bridgehead atoms. The van der Waals surface area contributed by atoms with Crippen LogP contribution in [0.2, 0.25) is 0 Å². The number of aliphatic carboxylic acids is 1. The summed E-state index contributed by atoms with van der Waals surface area (Å²) in [5, 5.41) is 8.58. The minimum atomic E-state index is -0.922. The van der Waals surface area contributed by atoms with Crippen molar-refractivity contribution in [3.05, 3.63) is 12.2 Å². The molecule has 0 aromatic heterocycles. The molecular formula is C16H28O3. The van der Waals surface area contributed by atoms with Crippen molar-refractivity contribution >= 4 is 12.3 Å². The van der Waals surface area contributed by atoms with Gasteiger partial charge < -0.3 is 9.90 Å². The van der Waals surface area contributed by atoms with Gasteiger partial charge in [0.25, 0.3) is 0 Å². The van der Waals surface area contributed by atoms with Crippen LogP contribution in [-0.4, -0.2) is 17.4 Å². The predicted octanol–water partition coefficient (Wildman–Crippen LogP) is 4.36. The van der Waals surface area contributed by atoms with Crippen LogP contribution in [0.3, 0.4) is 0 Å². The normalized spacial score (nSPS) is 12.7. The number of hydrogen-bond donors (Lipinski definition) is 1. The van der Waals surface area contributed by atoms with Crippen molar-refractivity contribution in [2.75, 3.05) is 0 Å². The minimum absolute atomic E-state index is 0.0998. The number of carboxylic acid groups (broad SMARTS) is 1. The third-order valence-electron chi connectivity index (χ3n) is 3.19. The second-order valence-electron chi connectivity index (χ2n) is 5.09. The first kappa shape index (κ1) is 17.9. The van der Waals surface area contributed by atoms with Crippen LogP contribution >= 0.6 is 0 Å². The second-order valence-corrected chi connectivity index (χ2v) is 5.09. The van der Waals surface area contributed by atoms with E-state index in [2.05, 4.69) is 6.92 Å². The monoisotopic (exact) mass is 268 g/mol. The third-order valence-corrected chi connectivity index (χ3v) is 3.19. The number of rotatable bonds is 13. The molecule has 110 valence electrons. The number of hydrogen-bond acceptors (Lipinski definition) is 2. The van der Waals surface area contributed by atoms with Crippen LogP contribution in [-0.2, 0) is 9.59 Å². The van der Waals surface area contributed by atoms with Gasteiger partial charge in [-0.2, -0.15) is 0 Å². The van der Waals surface area contributed by atoms with Crippen LogP contribution in [0, 0.1) is 5.92 Å². The molecule has 0 aliphatic carbocycles. The van der Waals surface area contributed by atoms with E-state index in [0.717, 1.165) is 12.8 Å². The van der Waals surface area contributed by atoms with Gasteiger partial charge >= 0.3 is 5.97 Å². The molecule has 0 aromatic rings. The van der Waals surface area contributed by atoms with Gasteiger partial charge in [-0.1, -0.05) is 64.0 Å². The SMILES string of the molecule is CCCCCCCCCC/C=C/C(C=O)CC(=O)O. The van der Waals surface area contributed by atoms with Gasteiger partial charge in [0.05, 0.1) is 6.42 Å². The largest absolute Gasteiger partial charge is 0.481 e. The van der Waals surface area contributed by atoms with E-state index in [4.69, 9.17) is 5.11 Å². The van der Waals surface area contributed by atoms with Gasteiger partial charge in [0.2, 0.25) is 0 Å². The smallest absolute Gasteiger partial charge is 0.304 e. The first-order valence-corrected chi connectivity index (χ1v) is 7.54. The summed E-state index contributed by atoms with van der Waals surface area (Å²) in [7, 11) is 0. The standard InChI is InChI=1S/C16H28O3/c1-2-3-4-5-6-7-8-9-10-11-12-15(14-17)13-16(18)19/h11-12,14-15H,2-10,13H2,1H3,(H,18,19)/b12-11+. The Morgan fingerprint density at radius 3 is 2.16 bits per heavy atom. The van der Waals surface area contributed by atoms with Gasteiger partial charge in [-0.25, -0.2) is 0 Å². The molecule has 1 unspecified atom stereocenters. The van der Waals surface area contributed by atoms with Gasteiger partial charge in [0.1, 0.15) is 6.29 Å². The summed E-state index contributed by atoms with van der Waals surface area (Å²) >= 11 is 0. The highest BCUT2D eigenvalue weighted by atomic mass is 16.4. The molecular weight excluding hydrogens is 240 g/mol. The zero-order valence-corrected chi connectivity index (χ0v) is 12.1. The Labute approximate surface area is 117 Å².